The fourth-order valence-corrected chi connectivity index (χ4v) is 3.52. The van der Waals surface area contributed by atoms with Gasteiger partial charge >= 0.3 is 12.1 Å². The first-order valence-electron chi connectivity index (χ1n) is 10.3. The number of alkyl halides is 3. The summed E-state index contributed by atoms with van der Waals surface area (Å²) in [6.07, 6.45) is -1.69. The number of aliphatic carboxylic acids is 1. The van der Waals surface area contributed by atoms with Crippen molar-refractivity contribution in [2.75, 3.05) is 23.3 Å². The van der Waals surface area contributed by atoms with Crippen LogP contribution in [0.5, 0.6) is 0 Å². The van der Waals surface area contributed by atoms with E-state index in [0.29, 0.717) is 19.5 Å². The minimum absolute atomic E-state index is 0.0572. The molecular formula is C21H19F4N7O3. The zero-order valence-corrected chi connectivity index (χ0v) is 18.0. The number of H-pyrrole nitrogens is 1. The summed E-state index contributed by atoms with van der Waals surface area (Å²) in [5.41, 5.74) is 1.67. The molecule has 2 aromatic heterocycles. The van der Waals surface area contributed by atoms with E-state index >= 15 is 0 Å². The molecule has 4 N–H and O–H groups in total. The Morgan fingerprint density at radius 1 is 1.23 bits per heavy atom. The summed E-state index contributed by atoms with van der Waals surface area (Å²) >= 11 is 0. The summed E-state index contributed by atoms with van der Waals surface area (Å²) in [6.45, 7) is -0.628. The Morgan fingerprint density at radius 2 is 2.03 bits per heavy atom. The van der Waals surface area contributed by atoms with E-state index in [4.69, 9.17) is 5.11 Å². The molecule has 0 spiro atoms. The lowest BCUT2D eigenvalue weighted by molar-refractivity contribution is -0.136. The molecule has 35 heavy (non-hydrogen) atoms. The number of fused-ring (bicyclic) bond motifs is 1. The number of benzene rings is 1. The van der Waals surface area contributed by atoms with Crippen LogP contribution < -0.4 is 15.5 Å². The number of nitrogens with zero attached hydrogens (tertiary/aromatic N) is 4. The van der Waals surface area contributed by atoms with Gasteiger partial charge in [0.15, 0.2) is 0 Å². The second-order valence-corrected chi connectivity index (χ2v) is 7.78. The number of carboxylic acids is 1. The van der Waals surface area contributed by atoms with Gasteiger partial charge in [0.25, 0.3) is 5.91 Å². The Balaban J connectivity index is 1.63. The number of carboxylic acid groups (broad SMARTS) is 1. The molecule has 1 amide bonds. The van der Waals surface area contributed by atoms with Crippen LogP contribution in [0.1, 0.15) is 27.2 Å². The summed E-state index contributed by atoms with van der Waals surface area (Å²) < 4.78 is 52.1. The minimum atomic E-state index is -4.62. The lowest BCUT2D eigenvalue weighted by Crippen LogP contribution is -2.35. The second-order valence-electron chi connectivity index (χ2n) is 7.78. The van der Waals surface area contributed by atoms with Crippen molar-refractivity contribution in [3.8, 4) is 0 Å². The maximum Gasteiger partial charge on any atom is 0.405 e. The smallest absolute Gasteiger partial charge is 0.405 e. The number of aromatic amines is 1. The Labute approximate surface area is 195 Å². The highest BCUT2D eigenvalue weighted by Crippen LogP contribution is 2.26. The van der Waals surface area contributed by atoms with Gasteiger partial charge in [0.05, 0.1) is 24.9 Å². The van der Waals surface area contributed by atoms with E-state index in [2.05, 4.69) is 25.5 Å². The second kappa shape index (κ2) is 9.56. The molecule has 1 aromatic carbocycles. The largest absolute Gasteiger partial charge is 0.481 e. The number of hydrogen-bond acceptors (Lipinski definition) is 7. The van der Waals surface area contributed by atoms with Crippen LogP contribution in [-0.2, 0) is 24.2 Å². The number of aromatic nitrogens is 4. The van der Waals surface area contributed by atoms with E-state index in [1.54, 1.807) is 16.4 Å². The highest BCUT2D eigenvalue weighted by Gasteiger charge is 2.29. The van der Waals surface area contributed by atoms with Gasteiger partial charge in [-0.3, -0.25) is 14.7 Å². The van der Waals surface area contributed by atoms with Crippen LogP contribution in [0.4, 0.5) is 35.0 Å². The molecule has 0 atom stereocenters. The van der Waals surface area contributed by atoms with Crippen molar-refractivity contribution in [1.29, 1.82) is 0 Å². The van der Waals surface area contributed by atoms with Crippen molar-refractivity contribution in [2.24, 2.45) is 0 Å². The first kappa shape index (κ1) is 23.9. The third-order valence-electron chi connectivity index (χ3n) is 5.22. The predicted molar refractivity (Wildman–Crippen MR) is 115 cm³/mol. The molecule has 10 nitrogen and oxygen atoms in total. The summed E-state index contributed by atoms with van der Waals surface area (Å²) in [6, 6.07) is 3.63. The Hall–Kier alpha value is -4.23. The van der Waals surface area contributed by atoms with Gasteiger partial charge < -0.3 is 20.6 Å². The molecule has 0 saturated heterocycles. The van der Waals surface area contributed by atoms with Gasteiger partial charge in [0, 0.05) is 18.4 Å². The molecule has 4 rings (SSSR count). The number of hydrogen-bond donors (Lipinski definition) is 4. The van der Waals surface area contributed by atoms with Gasteiger partial charge in [-0.2, -0.15) is 23.3 Å². The highest BCUT2D eigenvalue weighted by molar-refractivity contribution is 5.99. The van der Waals surface area contributed by atoms with Gasteiger partial charge in [-0.15, -0.1) is 0 Å². The molecule has 3 aromatic rings. The van der Waals surface area contributed by atoms with Crippen LogP contribution in [0.2, 0.25) is 0 Å². The van der Waals surface area contributed by atoms with Crippen molar-refractivity contribution in [2.45, 2.75) is 25.6 Å². The van der Waals surface area contributed by atoms with Crippen molar-refractivity contribution in [3.63, 3.8) is 0 Å². The number of nitrogens with one attached hydrogen (secondary N) is 3. The van der Waals surface area contributed by atoms with E-state index in [9.17, 15) is 27.2 Å². The van der Waals surface area contributed by atoms with Crippen LogP contribution >= 0.6 is 0 Å². The average molecular weight is 493 g/mol. The zero-order chi connectivity index (χ0) is 25.2. The van der Waals surface area contributed by atoms with Crippen LogP contribution in [-0.4, -0.2) is 56.4 Å². The van der Waals surface area contributed by atoms with Crippen LogP contribution in [0.25, 0.3) is 0 Å². The van der Waals surface area contributed by atoms with E-state index in [0.717, 1.165) is 23.5 Å². The third-order valence-corrected chi connectivity index (χ3v) is 5.22. The maximum absolute atomic E-state index is 14.3. The number of rotatable bonds is 7. The number of amides is 1. The van der Waals surface area contributed by atoms with Crippen molar-refractivity contribution in [3.05, 3.63) is 58.8 Å². The van der Waals surface area contributed by atoms with Gasteiger partial charge in [0.1, 0.15) is 23.7 Å². The third kappa shape index (κ3) is 5.83. The van der Waals surface area contributed by atoms with Gasteiger partial charge in [-0.05, 0) is 29.7 Å². The van der Waals surface area contributed by atoms with Crippen molar-refractivity contribution < 1.29 is 32.3 Å². The molecule has 0 unspecified atom stereocenters. The number of anilines is 3. The fraction of sp³-hybridized carbons (Fsp3) is 0.286. The topological polar surface area (TPSA) is 136 Å². The van der Waals surface area contributed by atoms with Crippen molar-refractivity contribution >= 4 is 29.3 Å². The quantitative estimate of drug-likeness (QED) is 0.369. The summed E-state index contributed by atoms with van der Waals surface area (Å²) in [7, 11) is 0. The Morgan fingerprint density at radius 3 is 2.74 bits per heavy atom. The van der Waals surface area contributed by atoms with Crippen LogP contribution in [0.3, 0.4) is 0 Å². The van der Waals surface area contributed by atoms with Crippen molar-refractivity contribution in [1.82, 2.24) is 25.5 Å². The molecule has 1 aliphatic rings. The lowest BCUT2D eigenvalue weighted by Gasteiger charge is -2.27. The fourth-order valence-electron chi connectivity index (χ4n) is 3.52. The van der Waals surface area contributed by atoms with E-state index < -0.39 is 36.8 Å². The van der Waals surface area contributed by atoms with E-state index in [-0.39, 0.29) is 28.6 Å². The molecule has 0 fully saturated rings. The SMILES string of the molecule is O=C(O)Cc1ccc(Nc2nc(N3CCc4cn[nH]c4C3)ncc2C(=O)NCC(F)(F)F)cc1F. The maximum atomic E-state index is 14.3. The standard InChI is InChI=1S/C21H19F4N7O3/c22-15-6-13(2-1-11(15)5-17(33)34)29-18-14(19(35)27-10-21(23,24)25)8-26-20(30-18)32-4-3-12-7-28-31-16(12)9-32/h1-2,6-8H,3-5,9-10H2,(H,27,35)(H,28,31)(H,33,34)(H,26,29,30). The molecule has 0 saturated carbocycles. The lowest BCUT2D eigenvalue weighted by atomic mass is 10.1. The number of carbonyl (C=O) groups is 2. The molecule has 0 bridgehead atoms. The molecular weight excluding hydrogens is 474 g/mol. The summed E-state index contributed by atoms with van der Waals surface area (Å²) in [5.74, 6) is -3.04. The van der Waals surface area contributed by atoms with Gasteiger partial charge in [-0.25, -0.2) is 9.37 Å². The number of carbonyl (C=O) groups excluding carboxylic acids is 1. The molecule has 0 aliphatic carbocycles. The normalized spacial score (nSPS) is 13.3. The highest BCUT2D eigenvalue weighted by atomic mass is 19.4. The number of halogens is 4. The Bertz CT molecular complexity index is 1260. The van der Waals surface area contributed by atoms with Crippen LogP contribution in [0, 0.1) is 5.82 Å². The predicted octanol–water partition coefficient (Wildman–Crippen LogP) is 2.56. The summed E-state index contributed by atoms with van der Waals surface area (Å²) in [5, 5.41) is 20.2. The molecule has 1 aliphatic heterocycles. The molecule has 184 valence electrons. The monoisotopic (exact) mass is 493 g/mol. The average Bonchev–Trinajstić information content (AvgIpc) is 3.26. The first-order chi connectivity index (χ1) is 16.6. The minimum Gasteiger partial charge on any atom is -0.481 e. The van der Waals surface area contributed by atoms with Crippen LogP contribution in [0.15, 0.2) is 30.6 Å². The zero-order valence-electron chi connectivity index (χ0n) is 18.0. The Kier molecular flexibility index (Phi) is 6.53. The molecule has 14 heteroatoms. The molecule has 3 heterocycles. The first-order valence-corrected chi connectivity index (χ1v) is 10.3. The summed E-state index contributed by atoms with van der Waals surface area (Å²) in [4.78, 5) is 33.6. The van der Waals surface area contributed by atoms with Gasteiger partial charge in [0.2, 0.25) is 5.95 Å². The van der Waals surface area contributed by atoms with E-state index in [1.165, 1.54) is 12.1 Å². The van der Waals surface area contributed by atoms with Gasteiger partial charge in [-0.1, -0.05) is 6.07 Å². The molecule has 0 radical (unpaired) electrons. The van der Waals surface area contributed by atoms with E-state index in [1.807, 2.05) is 0 Å².